The predicted octanol–water partition coefficient (Wildman–Crippen LogP) is 8.97. The van der Waals surface area contributed by atoms with Gasteiger partial charge in [-0.2, -0.15) is 0 Å². The van der Waals surface area contributed by atoms with Crippen LogP contribution in [0, 0.1) is 20.8 Å². The molecule has 0 fully saturated rings. The zero-order valence-electron chi connectivity index (χ0n) is 21.0. The summed E-state index contributed by atoms with van der Waals surface area (Å²) < 4.78 is 16.4. The van der Waals surface area contributed by atoms with Crippen LogP contribution in [0.3, 0.4) is 0 Å². The number of nitrogens with zero attached hydrogens (tertiary/aromatic N) is 2. The number of hydrogen-bond acceptors (Lipinski definition) is 4. The van der Waals surface area contributed by atoms with Gasteiger partial charge >= 0.3 is 0 Å². The van der Waals surface area contributed by atoms with E-state index < -0.39 is 5.89 Å². The van der Waals surface area contributed by atoms with Gasteiger partial charge in [-0.25, -0.2) is 4.98 Å². The van der Waals surface area contributed by atoms with Crippen molar-refractivity contribution >= 4 is 43.5 Å². The molecular weight excluding hydrogens is 436 g/mol. The summed E-state index contributed by atoms with van der Waals surface area (Å²) in [5.74, 6) is -0.780. The number of fused-ring (bicyclic) bond motifs is 4. The number of pyridine rings is 1. The summed E-state index contributed by atoms with van der Waals surface area (Å²) in [5.41, 5.74) is 9.96. The van der Waals surface area contributed by atoms with Crippen LogP contribution in [0.15, 0.2) is 65.2 Å². The highest BCUT2D eigenvalue weighted by atomic mass is 32.1. The molecule has 0 aliphatic rings. The van der Waals surface area contributed by atoms with Gasteiger partial charge in [-0.05, 0) is 72.7 Å². The zero-order chi connectivity index (χ0) is 24.5. The molecule has 4 heteroatoms. The van der Waals surface area contributed by atoms with Crippen LogP contribution in [0.4, 0.5) is 0 Å². The van der Waals surface area contributed by atoms with Crippen molar-refractivity contribution in [3.63, 3.8) is 0 Å². The third kappa shape index (κ3) is 3.24. The van der Waals surface area contributed by atoms with Gasteiger partial charge in [0.1, 0.15) is 11.2 Å². The Morgan fingerprint density at radius 3 is 2.44 bits per heavy atom. The molecule has 0 unspecified atom stereocenters. The van der Waals surface area contributed by atoms with E-state index in [1.54, 1.807) is 11.3 Å². The highest BCUT2D eigenvalue weighted by Gasteiger charge is 2.18. The molecule has 0 saturated heterocycles. The minimum atomic E-state index is -0.780. The van der Waals surface area contributed by atoms with Crippen molar-refractivity contribution in [1.29, 1.82) is 0 Å². The molecule has 3 aromatic carbocycles. The van der Waals surface area contributed by atoms with Crippen molar-refractivity contribution in [2.75, 3.05) is 0 Å². The van der Waals surface area contributed by atoms with Crippen LogP contribution in [0.5, 0.6) is 0 Å². The molecule has 6 rings (SSSR count). The Bertz CT molecular complexity index is 1750. The first-order chi connectivity index (χ1) is 16.7. The third-order valence-corrected chi connectivity index (χ3v) is 7.52. The fraction of sp³-hybridized carbons (Fsp3) is 0.200. The number of rotatable bonds is 3. The number of aryl methyl sites for hydroxylation is 3. The van der Waals surface area contributed by atoms with Crippen LogP contribution in [0.1, 0.15) is 42.8 Å². The van der Waals surface area contributed by atoms with Crippen molar-refractivity contribution in [2.24, 2.45) is 0 Å². The van der Waals surface area contributed by atoms with Gasteiger partial charge in [0.15, 0.2) is 0 Å². The summed E-state index contributed by atoms with van der Waals surface area (Å²) in [6, 6.07) is 18.9. The average Bonchev–Trinajstić information content (AvgIpc) is 3.34. The van der Waals surface area contributed by atoms with Crippen LogP contribution in [0.25, 0.3) is 54.5 Å². The molecule has 0 bridgehead atoms. The van der Waals surface area contributed by atoms with Gasteiger partial charge in [0, 0.05) is 30.0 Å². The van der Waals surface area contributed by atoms with Crippen LogP contribution >= 0.6 is 11.3 Å². The SMILES string of the molecule is [2H]C(C)(C)c1cnc(-c2cccc3c2oc2cc4nc(C)sc4cc23)cc1-c1c(C)cccc1C. The molecule has 3 heterocycles. The van der Waals surface area contributed by atoms with Crippen molar-refractivity contribution in [3.05, 3.63) is 82.5 Å². The summed E-state index contributed by atoms with van der Waals surface area (Å²) in [4.78, 5) is 9.48. The normalized spacial score (nSPS) is 12.7. The van der Waals surface area contributed by atoms with Crippen molar-refractivity contribution < 1.29 is 5.79 Å². The number of furan rings is 1. The number of thiazole rings is 1. The number of hydrogen-bond donors (Lipinski definition) is 0. The lowest BCUT2D eigenvalue weighted by atomic mass is 9.88. The van der Waals surface area contributed by atoms with E-state index in [1.807, 2.05) is 33.0 Å². The molecule has 0 amide bonds. The van der Waals surface area contributed by atoms with Crippen LogP contribution in [-0.4, -0.2) is 9.97 Å². The van der Waals surface area contributed by atoms with Crippen molar-refractivity contribution in [2.45, 2.75) is 40.5 Å². The highest BCUT2D eigenvalue weighted by Crippen LogP contribution is 2.40. The molecule has 0 N–H and O–H groups in total. The number of benzene rings is 3. The number of aromatic nitrogens is 2. The Morgan fingerprint density at radius 2 is 1.68 bits per heavy atom. The Balaban J connectivity index is 1.62. The van der Waals surface area contributed by atoms with Gasteiger partial charge in [-0.3, -0.25) is 4.98 Å². The fourth-order valence-corrected chi connectivity index (χ4v) is 5.83. The maximum absolute atomic E-state index is 8.79. The van der Waals surface area contributed by atoms with E-state index >= 15 is 0 Å². The van der Waals surface area contributed by atoms with E-state index in [-0.39, 0.29) is 0 Å². The summed E-state index contributed by atoms with van der Waals surface area (Å²) in [7, 11) is 0. The van der Waals surface area contributed by atoms with Gasteiger partial charge in [0.25, 0.3) is 0 Å². The molecular formula is C30H26N2OS. The topological polar surface area (TPSA) is 38.9 Å². The first-order valence-corrected chi connectivity index (χ1v) is 12.3. The van der Waals surface area contributed by atoms with E-state index in [9.17, 15) is 0 Å². The minimum absolute atomic E-state index is 0.780. The quantitative estimate of drug-likeness (QED) is 0.263. The molecule has 6 aromatic rings. The first-order valence-electron chi connectivity index (χ1n) is 12.0. The van der Waals surface area contributed by atoms with E-state index in [0.717, 1.165) is 54.8 Å². The first kappa shape index (κ1) is 19.9. The monoisotopic (exact) mass is 463 g/mol. The predicted molar refractivity (Wildman–Crippen MR) is 144 cm³/mol. The maximum Gasteiger partial charge on any atom is 0.144 e. The molecule has 34 heavy (non-hydrogen) atoms. The second-order valence-corrected chi connectivity index (χ2v) is 10.5. The summed E-state index contributed by atoms with van der Waals surface area (Å²) in [6.45, 7) is 10.1. The van der Waals surface area contributed by atoms with Crippen LogP contribution in [-0.2, 0) is 0 Å². The Labute approximate surface area is 204 Å². The van der Waals surface area contributed by atoms with E-state index in [2.05, 4.69) is 67.4 Å². The summed E-state index contributed by atoms with van der Waals surface area (Å²) in [5, 5.41) is 3.22. The Kier molecular flexibility index (Phi) is 4.56. The third-order valence-electron chi connectivity index (χ3n) is 6.58. The zero-order valence-corrected chi connectivity index (χ0v) is 20.8. The van der Waals surface area contributed by atoms with Gasteiger partial charge < -0.3 is 4.42 Å². The molecule has 0 radical (unpaired) electrons. The summed E-state index contributed by atoms with van der Waals surface area (Å²) in [6.07, 6.45) is 1.87. The number of para-hydroxylation sites is 1. The van der Waals surface area contributed by atoms with Crippen molar-refractivity contribution in [3.8, 4) is 22.4 Å². The molecule has 168 valence electrons. The molecule has 3 nitrogen and oxygen atoms in total. The van der Waals surface area contributed by atoms with E-state index in [4.69, 9.17) is 10.8 Å². The molecule has 0 aliphatic heterocycles. The molecule has 0 aliphatic carbocycles. The smallest absolute Gasteiger partial charge is 0.144 e. The van der Waals surface area contributed by atoms with Gasteiger partial charge in [0.05, 0.1) is 20.9 Å². The van der Waals surface area contributed by atoms with Gasteiger partial charge in [0.2, 0.25) is 0 Å². The fourth-order valence-electron chi connectivity index (χ4n) is 4.98. The standard InChI is InChI=1S/C30H26N2OS/c1-16(2)24-15-31-25(12-23(24)29-17(3)8-6-9-18(29)4)21-11-7-10-20-22-13-28-26(32-19(5)34-28)14-27(22)33-30(20)21/h6-16H,1-5H3/i16D. The molecule has 3 aromatic heterocycles. The lowest BCUT2D eigenvalue weighted by Gasteiger charge is -2.18. The molecule has 0 saturated carbocycles. The van der Waals surface area contributed by atoms with Crippen LogP contribution in [0.2, 0.25) is 0 Å². The second kappa shape index (κ2) is 7.78. The van der Waals surface area contributed by atoms with Gasteiger partial charge in [-0.1, -0.05) is 44.2 Å². The van der Waals surface area contributed by atoms with Gasteiger partial charge in [-0.15, -0.1) is 11.3 Å². The highest BCUT2D eigenvalue weighted by molar-refractivity contribution is 7.18. The van der Waals surface area contributed by atoms with Crippen LogP contribution < -0.4 is 0 Å². The Morgan fingerprint density at radius 1 is 0.912 bits per heavy atom. The van der Waals surface area contributed by atoms with E-state index in [0.29, 0.717) is 0 Å². The second-order valence-electron chi connectivity index (χ2n) is 9.22. The lowest BCUT2D eigenvalue weighted by molar-refractivity contribution is 0.670. The van der Waals surface area contributed by atoms with E-state index in [1.165, 1.54) is 21.4 Å². The maximum atomic E-state index is 8.79. The largest absolute Gasteiger partial charge is 0.455 e. The molecule has 0 spiro atoms. The lowest BCUT2D eigenvalue weighted by Crippen LogP contribution is -1.99. The minimum Gasteiger partial charge on any atom is -0.455 e. The summed E-state index contributed by atoms with van der Waals surface area (Å²) >= 11 is 1.70. The molecule has 0 atom stereocenters. The average molecular weight is 464 g/mol. The Hall–Kier alpha value is -3.50. The van der Waals surface area contributed by atoms with Crippen molar-refractivity contribution in [1.82, 2.24) is 9.97 Å².